The molecule has 0 radical (unpaired) electrons. The van der Waals surface area contributed by atoms with Gasteiger partial charge < -0.3 is 10.2 Å². The lowest BCUT2D eigenvalue weighted by Gasteiger charge is -2.26. The molecule has 1 unspecified atom stereocenters. The number of hydrogen-bond acceptors (Lipinski definition) is 3. The van der Waals surface area contributed by atoms with E-state index in [9.17, 15) is 4.39 Å². The molecule has 1 aromatic carbocycles. The van der Waals surface area contributed by atoms with E-state index < -0.39 is 0 Å². The number of hydrogen-bond donors (Lipinski definition) is 1. The lowest BCUT2D eigenvalue weighted by Crippen LogP contribution is -2.36. The third kappa shape index (κ3) is 4.34. The topological polar surface area (TPSA) is 39.1 Å². The van der Waals surface area contributed by atoms with Gasteiger partial charge in [0.05, 0.1) is 11.6 Å². The zero-order valence-electron chi connectivity index (χ0n) is 11.4. The van der Waals surface area contributed by atoms with Gasteiger partial charge in [-0.15, -0.1) is 0 Å². The highest BCUT2D eigenvalue weighted by Gasteiger charge is 2.14. The van der Waals surface area contributed by atoms with Crippen LogP contribution in [0.3, 0.4) is 0 Å². The van der Waals surface area contributed by atoms with Gasteiger partial charge in [0.25, 0.3) is 0 Å². The van der Waals surface area contributed by atoms with Crippen molar-refractivity contribution in [2.24, 2.45) is 5.92 Å². The Bertz CT molecular complexity index is 435. The van der Waals surface area contributed by atoms with Gasteiger partial charge in [-0.05, 0) is 38.2 Å². The van der Waals surface area contributed by atoms with Gasteiger partial charge in [-0.25, -0.2) is 4.39 Å². The largest absolute Gasteiger partial charge is 0.381 e. The molecule has 3 nitrogen and oxygen atoms in total. The van der Waals surface area contributed by atoms with Crippen molar-refractivity contribution in [3.8, 4) is 6.07 Å². The number of nitrogens with one attached hydrogen (secondary N) is 1. The van der Waals surface area contributed by atoms with Crippen LogP contribution in [0.25, 0.3) is 0 Å². The number of nitrogens with zero attached hydrogens (tertiary/aromatic N) is 2. The Balaban J connectivity index is 2.87. The molecule has 0 fully saturated rings. The Morgan fingerprint density at radius 1 is 1.33 bits per heavy atom. The van der Waals surface area contributed by atoms with E-state index >= 15 is 0 Å². The fourth-order valence-corrected chi connectivity index (χ4v) is 1.77. The fraction of sp³-hybridized carbons (Fsp3) is 0.500. The van der Waals surface area contributed by atoms with Crippen LogP contribution in [0.2, 0.25) is 0 Å². The molecule has 0 saturated heterocycles. The highest BCUT2D eigenvalue weighted by molar-refractivity contribution is 5.50. The van der Waals surface area contributed by atoms with Crippen LogP contribution in [0.15, 0.2) is 18.2 Å². The molecule has 0 aliphatic heterocycles. The minimum atomic E-state index is -0.385. The number of anilines is 1. The van der Waals surface area contributed by atoms with Crippen LogP contribution in [0.4, 0.5) is 10.1 Å². The SMILES string of the molecule is CC(C)C(CN(C)C)Nc1cc(F)cc(C#N)c1. The van der Waals surface area contributed by atoms with Gasteiger partial charge in [0, 0.05) is 18.3 Å². The molecular formula is C14H20FN3. The normalized spacial score (nSPS) is 12.6. The predicted molar refractivity (Wildman–Crippen MR) is 71.9 cm³/mol. The molecule has 0 amide bonds. The summed E-state index contributed by atoms with van der Waals surface area (Å²) in [7, 11) is 4.01. The molecule has 18 heavy (non-hydrogen) atoms. The van der Waals surface area contributed by atoms with E-state index in [1.165, 1.54) is 12.1 Å². The molecule has 0 heterocycles. The summed E-state index contributed by atoms with van der Waals surface area (Å²) in [5.74, 6) is 0.0325. The number of nitriles is 1. The molecule has 0 aliphatic rings. The highest BCUT2D eigenvalue weighted by Crippen LogP contribution is 2.17. The predicted octanol–water partition coefficient (Wildman–Crippen LogP) is 2.70. The third-order valence-corrected chi connectivity index (χ3v) is 2.75. The van der Waals surface area contributed by atoms with E-state index in [1.54, 1.807) is 6.07 Å². The minimum absolute atomic E-state index is 0.216. The van der Waals surface area contributed by atoms with Gasteiger partial charge in [-0.1, -0.05) is 13.8 Å². The van der Waals surface area contributed by atoms with Crippen LogP contribution in [-0.4, -0.2) is 31.6 Å². The second-order valence-electron chi connectivity index (χ2n) is 5.10. The number of rotatable bonds is 5. The maximum Gasteiger partial charge on any atom is 0.126 e. The number of benzene rings is 1. The maximum atomic E-state index is 13.3. The molecule has 0 saturated carbocycles. The van der Waals surface area contributed by atoms with Crippen molar-refractivity contribution in [2.45, 2.75) is 19.9 Å². The summed E-state index contributed by atoms with van der Waals surface area (Å²) in [4.78, 5) is 2.09. The molecule has 1 atom stereocenters. The second kappa shape index (κ2) is 6.36. The molecule has 1 N–H and O–H groups in total. The van der Waals surface area contributed by atoms with E-state index in [-0.39, 0.29) is 11.9 Å². The lowest BCUT2D eigenvalue weighted by atomic mass is 10.0. The quantitative estimate of drug-likeness (QED) is 0.872. The van der Waals surface area contributed by atoms with Crippen LogP contribution in [-0.2, 0) is 0 Å². The summed E-state index contributed by atoms with van der Waals surface area (Å²) < 4.78 is 13.3. The van der Waals surface area contributed by atoms with Gasteiger partial charge in [-0.2, -0.15) is 5.26 Å². The average Bonchev–Trinajstić information content (AvgIpc) is 2.26. The van der Waals surface area contributed by atoms with E-state index in [2.05, 4.69) is 24.1 Å². The van der Waals surface area contributed by atoms with Crippen molar-refractivity contribution in [1.82, 2.24) is 4.90 Å². The van der Waals surface area contributed by atoms with Crippen molar-refractivity contribution >= 4 is 5.69 Å². The zero-order valence-corrected chi connectivity index (χ0v) is 11.4. The molecule has 98 valence electrons. The smallest absolute Gasteiger partial charge is 0.126 e. The Labute approximate surface area is 108 Å². The van der Waals surface area contributed by atoms with Crippen LogP contribution < -0.4 is 5.32 Å². The second-order valence-corrected chi connectivity index (χ2v) is 5.10. The fourth-order valence-electron chi connectivity index (χ4n) is 1.77. The Morgan fingerprint density at radius 3 is 2.50 bits per heavy atom. The van der Waals surface area contributed by atoms with E-state index in [4.69, 9.17) is 5.26 Å². The highest BCUT2D eigenvalue weighted by atomic mass is 19.1. The maximum absolute atomic E-state index is 13.3. The first kappa shape index (κ1) is 14.5. The summed E-state index contributed by atoms with van der Waals surface area (Å²) in [6.07, 6.45) is 0. The van der Waals surface area contributed by atoms with Gasteiger partial charge in [0.2, 0.25) is 0 Å². The van der Waals surface area contributed by atoms with Crippen LogP contribution in [0, 0.1) is 23.1 Å². The first-order chi connectivity index (χ1) is 8.42. The van der Waals surface area contributed by atoms with Crippen molar-refractivity contribution < 1.29 is 4.39 Å². The van der Waals surface area contributed by atoms with E-state index in [0.29, 0.717) is 17.2 Å². The Kier molecular flexibility index (Phi) is 5.11. The van der Waals surface area contributed by atoms with Crippen molar-refractivity contribution in [1.29, 1.82) is 5.26 Å². The summed E-state index contributed by atoms with van der Waals surface area (Å²) >= 11 is 0. The van der Waals surface area contributed by atoms with Crippen molar-refractivity contribution in [2.75, 3.05) is 26.0 Å². The molecule has 0 spiro atoms. The molecular weight excluding hydrogens is 229 g/mol. The number of halogens is 1. The molecule has 1 aromatic rings. The van der Waals surface area contributed by atoms with Gasteiger partial charge in [-0.3, -0.25) is 0 Å². The third-order valence-electron chi connectivity index (χ3n) is 2.75. The lowest BCUT2D eigenvalue weighted by molar-refractivity contribution is 0.344. The molecule has 4 heteroatoms. The monoisotopic (exact) mass is 249 g/mol. The van der Waals surface area contributed by atoms with Crippen LogP contribution >= 0.6 is 0 Å². The first-order valence-electron chi connectivity index (χ1n) is 6.04. The summed E-state index contributed by atoms with van der Waals surface area (Å²) in [5, 5.41) is 12.1. The summed E-state index contributed by atoms with van der Waals surface area (Å²) in [6.45, 7) is 5.09. The molecule has 0 aliphatic carbocycles. The number of likely N-dealkylation sites (N-methyl/N-ethyl adjacent to an activating group) is 1. The zero-order chi connectivity index (χ0) is 13.7. The van der Waals surface area contributed by atoms with Crippen LogP contribution in [0.5, 0.6) is 0 Å². The summed E-state index contributed by atoms with van der Waals surface area (Å²) in [6, 6.07) is 6.51. The molecule has 0 bridgehead atoms. The Morgan fingerprint density at radius 2 is 2.00 bits per heavy atom. The Hall–Kier alpha value is -1.60. The van der Waals surface area contributed by atoms with Crippen LogP contribution in [0.1, 0.15) is 19.4 Å². The molecule has 0 aromatic heterocycles. The van der Waals surface area contributed by atoms with Gasteiger partial charge >= 0.3 is 0 Å². The minimum Gasteiger partial charge on any atom is -0.381 e. The summed E-state index contributed by atoms with van der Waals surface area (Å²) in [5.41, 5.74) is 0.997. The molecule has 1 rings (SSSR count). The van der Waals surface area contributed by atoms with E-state index in [1.807, 2.05) is 20.2 Å². The average molecular weight is 249 g/mol. The van der Waals surface area contributed by atoms with Gasteiger partial charge in [0.15, 0.2) is 0 Å². The van der Waals surface area contributed by atoms with Crippen molar-refractivity contribution in [3.63, 3.8) is 0 Å². The van der Waals surface area contributed by atoms with Gasteiger partial charge in [0.1, 0.15) is 5.82 Å². The van der Waals surface area contributed by atoms with E-state index in [0.717, 1.165) is 6.54 Å². The standard InChI is InChI=1S/C14H20FN3/c1-10(2)14(9-18(3)4)17-13-6-11(8-16)5-12(15)7-13/h5-7,10,14,17H,9H2,1-4H3. The first-order valence-corrected chi connectivity index (χ1v) is 6.04. The van der Waals surface area contributed by atoms with Crippen molar-refractivity contribution in [3.05, 3.63) is 29.6 Å².